The summed E-state index contributed by atoms with van der Waals surface area (Å²) < 4.78 is 0. The van der Waals surface area contributed by atoms with Crippen molar-refractivity contribution in [2.75, 3.05) is 19.6 Å². The highest BCUT2D eigenvalue weighted by Gasteiger charge is 2.12. The van der Waals surface area contributed by atoms with E-state index in [2.05, 4.69) is 25.7 Å². The van der Waals surface area contributed by atoms with Crippen LogP contribution in [-0.2, 0) is 0 Å². The largest absolute Gasteiger partial charge is 0.392 e. The van der Waals surface area contributed by atoms with Crippen molar-refractivity contribution >= 4 is 0 Å². The Morgan fingerprint density at radius 2 is 1.50 bits per heavy atom. The lowest BCUT2D eigenvalue weighted by molar-refractivity contribution is 0.102. The Morgan fingerprint density at radius 1 is 0.929 bits per heavy atom. The number of aliphatic hydroxyl groups excluding tert-OH is 1. The summed E-state index contributed by atoms with van der Waals surface area (Å²) >= 11 is 0. The van der Waals surface area contributed by atoms with E-state index in [4.69, 9.17) is 0 Å². The summed E-state index contributed by atoms with van der Waals surface area (Å²) in [6, 6.07) is 0. The maximum absolute atomic E-state index is 9.58. The highest BCUT2D eigenvalue weighted by atomic mass is 16.3. The van der Waals surface area contributed by atoms with Crippen molar-refractivity contribution in [3.63, 3.8) is 0 Å². The van der Waals surface area contributed by atoms with E-state index >= 15 is 0 Å². The van der Waals surface area contributed by atoms with Crippen molar-refractivity contribution < 1.29 is 5.11 Å². The minimum Gasteiger partial charge on any atom is -0.392 e. The van der Waals surface area contributed by atoms with Crippen LogP contribution in [0.5, 0.6) is 0 Å². The topological polar surface area (TPSA) is 23.5 Å². The smallest absolute Gasteiger partial charge is 0.0664 e. The first-order valence-corrected chi connectivity index (χ1v) is 6.08. The number of nitrogens with zero attached hydrogens (tertiary/aromatic N) is 1. The molecule has 0 saturated heterocycles. The second kappa shape index (κ2) is 8.25. The average molecular weight is 201 g/mol. The fraction of sp³-hybridized carbons (Fsp3) is 1.00. The van der Waals surface area contributed by atoms with Gasteiger partial charge < -0.3 is 10.0 Å². The SMILES string of the molecule is CCC(O)CN(CC)CC(CC)CC. The highest BCUT2D eigenvalue weighted by Crippen LogP contribution is 2.10. The van der Waals surface area contributed by atoms with E-state index < -0.39 is 0 Å². The Morgan fingerprint density at radius 3 is 1.86 bits per heavy atom. The predicted molar refractivity (Wildman–Crippen MR) is 62.5 cm³/mol. The Hall–Kier alpha value is -0.0800. The number of rotatable bonds is 8. The molecule has 14 heavy (non-hydrogen) atoms. The zero-order valence-electron chi connectivity index (χ0n) is 10.3. The predicted octanol–water partition coefficient (Wildman–Crippen LogP) is 2.52. The number of likely N-dealkylation sites (N-methyl/N-ethyl adjacent to an activating group) is 1. The molecule has 0 aliphatic carbocycles. The zero-order chi connectivity index (χ0) is 11.0. The minimum atomic E-state index is -0.149. The van der Waals surface area contributed by atoms with Crippen molar-refractivity contribution in [2.45, 2.75) is 53.1 Å². The first-order chi connectivity index (χ1) is 6.67. The van der Waals surface area contributed by atoms with Gasteiger partial charge in [0.1, 0.15) is 0 Å². The van der Waals surface area contributed by atoms with Gasteiger partial charge in [-0.3, -0.25) is 0 Å². The molecule has 86 valence electrons. The highest BCUT2D eigenvalue weighted by molar-refractivity contribution is 4.66. The van der Waals surface area contributed by atoms with Crippen molar-refractivity contribution in [2.24, 2.45) is 5.92 Å². The molecule has 2 heteroatoms. The van der Waals surface area contributed by atoms with Gasteiger partial charge in [0, 0.05) is 13.1 Å². The average Bonchev–Trinajstić information content (AvgIpc) is 2.23. The van der Waals surface area contributed by atoms with Gasteiger partial charge >= 0.3 is 0 Å². The Bertz CT molecular complexity index is 123. The fourth-order valence-corrected chi connectivity index (χ4v) is 1.67. The molecular weight excluding hydrogens is 174 g/mol. The molecule has 1 atom stereocenters. The first-order valence-electron chi connectivity index (χ1n) is 6.08. The zero-order valence-corrected chi connectivity index (χ0v) is 10.3. The van der Waals surface area contributed by atoms with Gasteiger partial charge in [-0.25, -0.2) is 0 Å². The summed E-state index contributed by atoms with van der Waals surface area (Å²) in [7, 11) is 0. The quantitative estimate of drug-likeness (QED) is 0.652. The number of hydrogen-bond donors (Lipinski definition) is 1. The molecule has 0 aromatic rings. The van der Waals surface area contributed by atoms with Crippen molar-refractivity contribution in [1.29, 1.82) is 0 Å². The second-order valence-electron chi connectivity index (χ2n) is 4.10. The van der Waals surface area contributed by atoms with E-state index in [-0.39, 0.29) is 6.10 Å². The Labute approximate surface area is 89.3 Å². The van der Waals surface area contributed by atoms with Crippen molar-refractivity contribution in [3.8, 4) is 0 Å². The molecule has 1 N–H and O–H groups in total. The van der Waals surface area contributed by atoms with Crippen LogP contribution in [0.25, 0.3) is 0 Å². The van der Waals surface area contributed by atoms with Gasteiger partial charge in [0.15, 0.2) is 0 Å². The maximum Gasteiger partial charge on any atom is 0.0664 e. The van der Waals surface area contributed by atoms with Crippen molar-refractivity contribution in [1.82, 2.24) is 4.90 Å². The van der Waals surface area contributed by atoms with E-state index in [1.54, 1.807) is 0 Å². The molecule has 0 aromatic heterocycles. The van der Waals surface area contributed by atoms with Gasteiger partial charge in [-0.15, -0.1) is 0 Å². The molecule has 0 aromatic carbocycles. The molecule has 0 aliphatic heterocycles. The van der Waals surface area contributed by atoms with Crippen LogP contribution in [0, 0.1) is 5.92 Å². The van der Waals surface area contributed by atoms with Gasteiger partial charge in [-0.05, 0) is 18.9 Å². The summed E-state index contributed by atoms with van der Waals surface area (Å²) in [6.45, 7) is 11.7. The third-order valence-electron chi connectivity index (χ3n) is 3.06. The molecule has 0 saturated carbocycles. The van der Waals surface area contributed by atoms with Crippen LogP contribution in [0.3, 0.4) is 0 Å². The van der Waals surface area contributed by atoms with Crippen LogP contribution in [0.2, 0.25) is 0 Å². The van der Waals surface area contributed by atoms with Gasteiger partial charge in [-0.2, -0.15) is 0 Å². The minimum absolute atomic E-state index is 0.149. The summed E-state index contributed by atoms with van der Waals surface area (Å²) in [5.41, 5.74) is 0. The van der Waals surface area contributed by atoms with Crippen LogP contribution in [0.4, 0.5) is 0 Å². The van der Waals surface area contributed by atoms with Crippen molar-refractivity contribution in [3.05, 3.63) is 0 Å². The van der Waals surface area contributed by atoms with E-state index in [1.165, 1.54) is 12.8 Å². The van der Waals surface area contributed by atoms with Crippen LogP contribution >= 0.6 is 0 Å². The lowest BCUT2D eigenvalue weighted by Crippen LogP contribution is -2.35. The molecule has 0 spiro atoms. The molecule has 0 amide bonds. The molecule has 0 heterocycles. The van der Waals surface area contributed by atoms with Gasteiger partial charge in [0.25, 0.3) is 0 Å². The molecular formula is C12H27NO. The van der Waals surface area contributed by atoms with E-state index in [0.717, 1.165) is 32.0 Å². The lowest BCUT2D eigenvalue weighted by atomic mass is 10.0. The molecule has 2 nitrogen and oxygen atoms in total. The van der Waals surface area contributed by atoms with E-state index in [0.29, 0.717) is 0 Å². The Kier molecular flexibility index (Phi) is 8.20. The van der Waals surface area contributed by atoms with Crippen LogP contribution < -0.4 is 0 Å². The Balaban J connectivity index is 3.88. The molecule has 0 aliphatic rings. The van der Waals surface area contributed by atoms with Gasteiger partial charge in [-0.1, -0.05) is 40.5 Å². The fourth-order valence-electron chi connectivity index (χ4n) is 1.67. The number of hydrogen-bond acceptors (Lipinski definition) is 2. The summed E-state index contributed by atoms with van der Waals surface area (Å²) in [4.78, 5) is 2.37. The maximum atomic E-state index is 9.58. The van der Waals surface area contributed by atoms with Crippen LogP contribution in [0.1, 0.15) is 47.0 Å². The van der Waals surface area contributed by atoms with Gasteiger partial charge in [0.2, 0.25) is 0 Å². The third-order valence-corrected chi connectivity index (χ3v) is 3.06. The summed E-state index contributed by atoms with van der Waals surface area (Å²) in [5.74, 6) is 0.791. The first kappa shape index (κ1) is 13.9. The van der Waals surface area contributed by atoms with Gasteiger partial charge in [0.05, 0.1) is 6.10 Å². The molecule has 0 rings (SSSR count). The third kappa shape index (κ3) is 5.61. The standard InChI is InChI=1S/C12H27NO/c1-5-11(6-2)9-13(8-4)10-12(14)7-3/h11-12,14H,5-10H2,1-4H3. The molecule has 0 fully saturated rings. The molecule has 0 bridgehead atoms. The van der Waals surface area contributed by atoms with E-state index in [9.17, 15) is 5.11 Å². The van der Waals surface area contributed by atoms with Crippen LogP contribution in [0.15, 0.2) is 0 Å². The lowest BCUT2D eigenvalue weighted by Gasteiger charge is -2.26. The van der Waals surface area contributed by atoms with E-state index in [1.807, 2.05) is 6.92 Å². The molecule has 1 unspecified atom stereocenters. The number of aliphatic hydroxyl groups is 1. The normalized spacial score (nSPS) is 13.9. The molecule has 0 radical (unpaired) electrons. The monoisotopic (exact) mass is 201 g/mol. The van der Waals surface area contributed by atoms with Crippen LogP contribution in [-0.4, -0.2) is 35.7 Å². The summed E-state index contributed by atoms with van der Waals surface area (Å²) in [5, 5.41) is 9.58. The summed E-state index contributed by atoms with van der Waals surface area (Å²) in [6.07, 6.45) is 3.20. The second-order valence-corrected chi connectivity index (χ2v) is 4.10.